The molecular weight excluding hydrogens is 639 g/mol. The number of rotatable bonds is 6. The lowest BCUT2D eigenvalue weighted by Gasteiger charge is -2.37. The summed E-state index contributed by atoms with van der Waals surface area (Å²) in [6, 6.07) is 17.0. The van der Waals surface area contributed by atoms with E-state index in [1.807, 2.05) is 0 Å². The van der Waals surface area contributed by atoms with Crippen LogP contribution in [-0.4, -0.2) is 41.3 Å². The number of carbonyl (C=O) groups excluding carboxylic acids is 1. The van der Waals surface area contributed by atoms with E-state index in [-0.39, 0.29) is 5.97 Å². The van der Waals surface area contributed by atoms with E-state index in [4.69, 9.17) is 27.9 Å². The van der Waals surface area contributed by atoms with Crippen LogP contribution < -0.4 is 9.80 Å². The van der Waals surface area contributed by atoms with Crippen LogP contribution in [0.15, 0.2) is 48.5 Å². The number of aromatic nitrogens is 2. The molecule has 0 N–H and O–H groups in total. The molecule has 0 amide bonds. The van der Waals surface area contributed by atoms with Gasteiger partial charge in [-0.25, -0.2) is 4.79 Å². The zero-order valence-electron chi connectivity index (χ0n) is 28.5. The van der Waals surface area contributed by atoms with Gasteiger partial charge in [0.25, 0.3) is 0 Å². The lowest BCUT2D eigenvalue weighted by Crippen LogP contribution is -2.35. The average molecular weight is 684 g/mol. The largest absolute Gasteiger partial charge is 0.440 e. The molecule has 250 valence electrons. The minimum atomic E-state index is -1.31. The highest BCUT2D eigenvalue weighted by atomic mass is 35.5. The van der Waals surface area contributed by atoms with E-state index in [0.29, 0.717) is 15.6 Å². The van der Waals surface area contributed by atoms with Gasteiger partial charge >= 0.3 is 5.97 Å². The SMILES string of the molecule is CCn1c(C)c(C2(c3c(C)n(CC)c4ccccc34)OC(=O)c3c(N4CCCCC4)c(Cl)c(N4CCCCC4)c(Cl)c32)c2ccccc21. The molecule has 48 heavy (non-hydrogen) atoms. The second-order valence-electron chi connectivity index (χ2n) is 13.7. The molecule has 0 saturated carbocycles. The van der Waals surface area contributed by atoms with Crippen LogP contribution in [0.3, 0.4) is 0 Å². The number of piperidine rings is 2. The number of ether oxygens (including phenoxy) is 1. The molecule has 5 aromatic rings. The number of hydrogen-bond donors (Lipinski definition) is 0. The Labute approximate surface area is 293 Å². The summed E-state index contributed by atoms with van der Waals surface area (Å²) in [5.41, 5.74) is 7.91. The zero-order valence-corrected chi connectivity index (χ0v) is 30.0. The summed E-state index contributed by atoms with van der Waals surface area (Å²) in [6.45, 7) is 13.7. The van der Waals surface area contributed by atoms with Crippen LogP contribution in [0.5, 0.6) is 0 Å². The van der Waals surface area contributed by atoms with Crippen LogP contribution in [0.4, 0.5) is 11.4 Å². The van der Waals surface area contributed by atoms with Crippen molar-refractivity contribution in [3.05, 3.63) is 92.2 Å². The predicted molar refractivity (Wildman–Crippen MR) is 199 cm³/mol. The molecule has 6 nitrogen and oxygen atoms in total. The number of anilines is 2. The first-order chi connectivity index (χ1) is 23.3. The number of hydrogen-bond acceptors (Lipinski definition) is 4. The Hall–Kier alpha value is -3.61. The van der Waals surface area contributed by atoms with E-state index in [1.54, 1.807) is 0 Å². The first-order valence-corrected chi connectivity index (χ1v) is 18.6. The molecule has 3 aromatic carbocycles. The van der Waals surface area contributed by atoms with Crippen molar-refractivity contribution in [3.63, 3.8) is 0 Å². The van der Waals surface area contributed by atoms with Crippen LogP contribution >= 0.6 is 23.2 Å². The summed E-state index contributed by atoms with van der Waals surface area (Å²) in [4.78, 5) is 19.6. The normalized spacial score (nSPS) is 17.8. The Bertz CT molecular complexity index is 1990. The van der Waals surface area contributed by atoms with Gasteiger partial charge in [0, 0.05) is 89.2 Å². The Balaban J connectivity index is 1.59. The van der Waals surface area contributed by atoms with Gasteiger partial charge in [-0.15, -0.1) is 0 Å². The lowest BCUT2D eigenvalue weighted by atomic mass is 9.76. The van der Waals surface area contributed by atoms with E-state index in [0.717, 1.165) is 126 Å². The number of para-hydroxylation sites is 2. The summed E-state index contributed by atoms with van der Waals surface area (Å²) in [5, 5.41) is 3.24. The van der Waals surface area contributed by atoms with Crippen LogP contribution in [0, 0.1) is 13.8 Å². The highest BCUT2D eigenvalue weighted by molar-refractivity contribution is 6.43. The second-order valence-corrected chi connectivity index (χ2v) is 14.4. The zero-order chi connectivity index (χ0) is 33.3. The summed E-state index contributed by atoms with van der Waals surface area (Å²) in [6.07, 6.45) is 6.62. The molecule has 0 radical (unpaired) electrons. The molecule has 2 saturated heterocycles. The van der Waals surface area contributed by atoms with E-state index >= 15 is 0 Å². The Morgan fingerprint density at radius 1 is 0.646 bits per heavy atom. The van der Waals surface area contributed by atoms with Crippen LogP contribution in [0.2, 0.25) is 10.0 Å². The summed E-state index contributed by atoms with van der Waals surface area (Å²) >= 11 is 15.4. The fourth-order valence-corrected chi connectivity index (χ4v) is 10.2. The number of fused-ring (bicyclic) bond motifs is 3. The van der Waals surface area contributed by atoms with Gasteiger partial charge in [0.15, 0.2) is 5.60 Å². The number of aryl methyl sites for hydroxylation is 2. The van der Waals surface area contributed by atoms with Crippen molar-refractivity contribution < 1.29 is 9.53 Å². The maximum atomic E-state index is 14.9. The molecular formula is C40H44Cl2N4O2. The first-order valence-electron chi connectivity index (χ1n) is 17.8. The quantitative estimate of drug-likeness (QED) is 0.167. The molecule has 8 heteroatoms. The van der Waals surface area contributed by atoms with Crippen molar-refractivity contribution in [2.75, 3.05) is 36.0 Å². The van der Waals surface area contributed by atoms with Gasteiger partial charge in [-0.05, 0) is 78.4 Å². The first kappa shape index (κ1) is 31.6. The fourth-order valence-electron chi connectivity index (χ4n) is 9.29. The molecule has 0 atom stereocenters. The smallest absolute Gasteiger partial charge is 0.342 e. The summed E-state index contributed by atoms with van der Waals surface area (Å²) < 4.78 is 11.8. The molecule has 0 bridgehead atoms. The molecule has 2 aromatic heterocycles. The molecule has 0 spiro atoms. The lowest BCUT2D eigenvalue weighted by molar-refractivity contribution is 0.0256. The highest BCUT2D eigenvalue weighted by Crippen LogP contribution is 2.61. The topological polar surface area (TPSA) is 42.6 Å². The molecule has 2 fully saturated rings. The van der Waals surface area contributed by atoms with Gasteiger partial charge in [0.1, 0.15) is 0 Å². The van der Waals surface area contributed by atoms with Crippen molar-refractivity contribution in [2.45, 2.75) is 84.9 Å². The van der Waals surface area contributed by atoms with Gasteiger partial charge < -0.3 is 23.7 Å². The van der Waals surface area contributed by atoms with Crippen molar-refractivity contribution in [1.82, 2.24) is 9.13 Å². The summed E-state index contributed by atoms with van der Waals surface area (Å²) in [7, 11) is 0. The Kier molecular flexibility index (Phi) is 7.95. The maximum Gasteiger partial charge on any atom is 0.342 e. The van der Waals surface area contributed by atoms with Crippen molar-refractivity contribution in [2.24, 2.45) is 0 Å². The third-order valence-electron chi connectivity index (χ3n) is 11.3. The number of esters is 1. The minimum absolute atomic E-state index is 0.361. The van der Waals surface area contributed by atoms with Crippen molar-refractivity contribution in [3.8, 4) is 0 Å². The van der Waals surface area contributed by atoms with E-state index in [1.165, 1.54) is 12.8 Å². The number of nitrogens with zero attached hydrogens (tertiary/aromatic N) is 4. The monoisotopic (exact) mass is 682 g/mol. The number of benzene rings is 3. The molecule has 3 aliphatic rings. The fraction of sp³-hybridized carbons (Fsp3) is 0.425. The molecule has 5 heterocycles. The number of carbonyl (C=O) groups is 1. The van der Waals surface area contributed by atoms with Gasteiger partial charge in [0.2, 0.25) is 0 Å². The molecule has 8 rings (SSSR count). The molecule has 0 unspecified atom stereocenters. The maximum absolute atomic E-state index is 14.9. The van der Waals surface area contributed by atoms with Gasteiger partial charge in [-0.2, -0.15) is 0 Å². The minimum Gasteiger partial charge on any atom is -0.440 e. The van der Waals surface area contributed by atoms with Gasteiger partial charge in [0.05, 0.1) is 27.0 Å². The van der Waals surface area contributed by atoms with Crippen LogP contribution in [0.1, 0.15) is 90.8 Å². The Morgan fingerprint density at radius 3 is 1.58 bits per heavy atom. The molecule has 3 aliphatic heterocycles. The van der Waals surface area contributed by atoms with Crippen molar-refractivity contribution in [1.29, 1.82) is 0 Å². The Morgan fingerprint density at radius 2 is 1.10 bits per heavy atom. The number of halogens is 2. The van der Waals surface area contributed by atoms with Crippen molar-refractivity contribution >= 4 is 62.4 Å². The third-order valence-corrected chi connectivity index (χ3v) is 12.0. The van der Waals surface area contributed by atoms with Gasteiger partial charge in [-0.1, -0.05) is 59.6 Å². The number of cyclic esters (lactones) is 1. The van der Waals surface area contributed by atoms with E-state index in [9.17, 15) is 4.79 Å². The van der Waals surface area contributed by atoms with E-state index < -0.39 is 5.60 Å². The van der Waals surface area contributed by atoms with Gasteiger partial charge in [-0.3, -0.25) is 0 Å². The third kappa shape index (κ3) is 4.34. The van der Waals surface area contributed by atoms with Crippen LogP contribution in [0.25, 0.3) is 21.8 Å². The molecule has 0 aliphatic carbocycles. The predicted octanol–water partition coefficient (Wildman–Crippen LogP) is 10.0. The summed E-state index contributed by atoms with van der Waals surface area (Å²) in [5.74, 6) is -0.361. The second kappa shape index (κ2) is 12.1. The van der Waals surface area contributed by atoms with E-state index in [2.05, 4.69) is 95.2 Å². The highest BCUT2D eigenvalue weighted by Gasteiger charge is 2.57. The average Bonchev–Trinajstić information content (AvgIpc) is 3.68. The standard InChI is InChI=1S/C40H44Cl2N4O2/c1-5-45-25(3)32(27-17-9-11-19-29(27)45)40(33-26(4)46(6-2)30-20-12-10-18-28(30)33)34-31(39(47)48-40)37(43-21-13-7-14-22-43)36(42)38(35(34)41)44-23-15-8-16-24-44/h9-12,17-20H,5-8,13-16,21-24H2,1-4H3. The van der Waals surface area contributed by atoms with Crippen LogP contribution in [-0.2, 0) is 23.4 Å².